The predicted molar refractivity (Wildman–Crippen MR) is 84.4 cm³/mol. The molecule has 0 saturated heterocycles. The fourth-order valence-electron chi connectivity index (χ4n) is 2.76. The Kier molecular flexibility index (Phi) is 2.97. The van der Waals surface area contributed by atoms with Crippen LogP contribution in [0.3, 0.4) is 0 Å². The quantitative estimate of drug-likeness (QED) is 0.789. The van der Waals surface area contributed by atoms with E-state index in [2.05, 4.69) is 15.9 Å². The monoisotopic (exact) mass is 358 g/mol. The van der Waals surface area contributed by atoms with Gasteiger partial charge >= 0.3 is 0 Å². The molecule has 4 rings (SSSR count). The molecule has 1 aliphatic heterocycles. The second-order valence-corrected chi connectivity index (χ2v) is 6.06. The number of allylic oxidation sites excluding steroid dienone is 1. The third-order valence-electron chi connectivity index (χ3n) is 3.88. The molecular formula is C17H11BrO4. The summed E-state index contributed by atoms with van der Waals surface area (Å²) in [5.41, 5.74) is 2.76. The Hall–Kier alpha value is -2.27. The number of phenolic OH excluding ortho intramolecular Hbond substituents is 1. The molecule has 5 heteroatoms. The molecule has 0 fully saturated rings. The van der Waals surface area contributed by atoms with Gasteiger partial charge in [0, 0.05) is 27.6 Å². The summed E-state index contributed by atoms with van der Waals surface area (Å²) in [4.78, 5) is 12.4. The molecule has 0 saturated carbocycles. The van der Waals surface area contributed by atoms with E-state index in [-0.39, 0.29) is 18.3 Å². The molecule has 0 amide bonds. The van der Waals surface area contributed by atoms with E-state index in [4.69, 9.17) is 9.47 Å². The van der Waals surface area contributed by atoms with Gasteiger partial charge in [-0.05, 0) is 29.8 Å². The van der Waals surface area contributed by atoms with Crippen LogP contribution in [-0.4, -0.2) is 17.7 Å². The fourth-order valence-corrected chi connectivity index (χ4v) is 3.20. The lowest BCUT2D eigenvalue weighted by molar-refractivity contribution is 0.104. The van der Waals surface area contributed by atoms with E-state index in [9.17, 15) is 9.90 Å². The molecular weight excluding hydrogens is 348 g/mol. The second-order valence-electron chi connectivity index (χ2n) is 5.21. The van der Waals surface area contributed by atoms with Crippen LogP contribution in [0, 0.1) is 0 Å². The van der Waals surface area contributed by atoms with Gasteiger partial charge in [0.25, 0.3) is 0 Å². The van der Waals surface area contributed by atoms with Gasteiger partial charge in [-0.1, -0.05) is 28.1 Å². The van der Waals surface area contributed by atoms with Crippen LogP contribution in [0.5, 0.6) is 17.2 Å². The highest BCUT2D eigenvalue weighted by Crippen LogP contribution is 2.39. The number of carbonyl (C=O) groups is 1. The first-order chi connectivity index (χ1) is 10.6. The van der Waals surface area contributed by atoms with E-state index >= 15 is 0 Å². The molecule has 2 aromatic carbocycles. The number of fused-ring (bicyclic) bond motifs is 2. The van der Waals surface area contributed by atoms with E-state index in [1.54, 1.807) is 18.2 Å². The Balaban J connectivity index is 1.77. The van der Waals surface area contributed by atoms with Crippen molar-refractivity contribution < 1.29 is 19.4 Å². The molecule has 1 heterocycles. The maximum absolute atomic E-state index is 12.4. The molecule has 0 aromatic heterocycles. The lowest BCUT2D eigenvalue weighted by Gasteiger charge is -2.03. The highest BCUT2D eigenvalue weighted by atomic mass is 79.9. The summed E-state index contributed by atoms with van der Waals surface area (Å²) < 4.78 is 11.5. The fraction of sp³-hybridized carbons (Fsp3) is 0.118. The summed E-state index contributed by atoms with van der Waals surface area (Å²) in [5, 5.41) is 9.89. The Morgan fingerprint density at radius 1 is 1.18 bits per heavy atom. The van der Waals surface area contributed by atoms with Crippen LogP contribution in [0.1, 0.15) is 21.5 Å². The minimum absolute atomic E-state index is 0.0459. The van der Waals surface area contributed by atoms with Crippen LogP contribution in [-0.2, 0) is 6.42 Å². The zero-order valence-electron chi connectivity index (χ0n) is 11.4. The van der Waals surface area contributed by atoms with Crippen molar-refractivity contribution in [1.82, 2.24) is 0 Å². The highest BCUT2D eigenvalue weighted by molar-refractivity contribution is 9.10. The van der Waals surface area contributed by atoms with Gasteiger partial charge in [0.1, 0.15) is 5.75 Å². The molecule has 0 radical (unpaired) electrons. The average Bonchev–Trinajstić information content (AvgIpc) is 3.06. The Bertz CT molecular complexity index is 839. The third-order valence-corrected chi connectivity index (χ3v) is 4.56. The first kappa shape index (κ1) is 13.4. The van der Waals surface area contributed by atoms with Crippen molar-refractivity contribution in [3.05, 3.63) is 57.1 Å². The van der Waals surface area contributed by atoms with Crippen molar-refractivity contribution in [2.24, 2.45) is 0 Å². The Morgan fingerprint density at radius 2 is 1.95 bits per heavy atom. The number of ketones is 1. The highest BCUT2D eigenvalue weighted by Gasteiger charge is 2.27. The minimum atomic E-state index is -0.0459. The van der Waals surface area contributed by atoms with Crippen molar-refractivity contribution in [2.75, 3.05) is 6.79 Å². The Labute approximate surface area is 135 Å². The van der Waals surface area contributed by atoms with Gasteiger partial charge in [-0.2, -0.15) is 0 Å². The van der Waals surface area contributed by atoms with Crippen LogP contribution < -0.4 is 9.47 Å². The van der Waals surface area contributed by atoms with Crippen LogP contribution in [0.25, 0.3) is 6.08 Å². The van der Waals surface area contributed by atoms with Gasteiger partial charge in [-0.3, -0.25) is 4.79 Å². The lowest BCUT2D eigenvalue weighted by atomic mass is 10.1. The number of ether oxygens (including phenoxy) is 2. The van der Waals surface area contributed by atoms with Crippen molar-refractivity contribution in [3.63, 3.8) is 0 Å². The largest absolute Gasteiger partial charge is 0.508 e. The molecule has 0 atom stereocenters. The summed E-state index contributed by atoms with van der Waals surface area (Å²) in [6, 6.07) is 8.71. The second kappa shape index (κ2) is 4.88. The number of carbonyl (C=O) groups excluding carboxylic acids is 1. The van der Waals surface area contributed by atoms with Crippen LogP contribution in [0.2, 0.25) is 0 Å². The summed E-state index contributed by atoms with van der Waals surface area (Å²) >= 11 is 3.49. The minimum Gasteiger partial charge on any atom is -0.508 e. The van der Waals surface area contributed by atoms with Gasteiger partial charge in [0.15, 0.2) is 17.3 Å². The van der Waals surface area contributed by atoms with Crippen LogP contribution in [0.15, 0.2) is 40.4 Å². The molecule has 2 aliphatic rings. The van der Waals surface area contributed by atoms with E-state index < -0.39 is 0 Å². The lowest BCUT2D eigenvalue weighted by Crippen LogP contribution is -1.95. The number of benzene rings is 2. The molecule has 2 aromatic rings. The van der Waals surface area contributed by atoms with Crippen LogP contribution in [0.4, 0.5) is 0 Å². The molecule has 0 unspecified atom stereocenters. The van der Waals surface area contributed by atoms with Gasteiger partial charge < -0.3 is 14.6 Å². The molecule has 110 valence electrons. The molecule has 1 aliphatic carbocycles. The number of phenols is 1. The number of Topliss-reactive ketones (excluding diaryl/α,β-unsaturated/α-hetero) is 1. The molecule has 4 nitrogen and oxygen atoms in total. The van der Waals surface area contributed by atoms with Gasteiger partial charge in [-0.25, -0.2) is 0 Å². The maximum atomic E-state index is 12.4. The summed E-state index contributed by atoms with van der Waals surface area (Å²) in [6.45, 7) is 0.208. The SMILES string of the molecule is O=C1/C(=C\c2cc3c(cc2Br)OCO3)Cc2c(O)cccc21. The third kappa shape index (κ3) is 2.01. The predicted octanol–water partition coefficient (Wildman–Crippen LogP) is 3.71. The zero-order valence-corrected chi connectivity index (χ0v) is 13.0. The number of halogens is 1. The van der Waals surface area contributed by atoms with E-state index in [1.807, 2.05) is 18.2 Å². The van der Waals surface area contributed by atoms with Crippen molar-refractivity contribution in [1.29, 1.82) is 0 Å². The number of hydrogen-bond acceptors (Lipinski definition) is 4. The average molecular weight is 359 g/mol. The normalized spacial score (nSPS) is 17.1. The van der Waals surface area contributed by atoms with E-state index in [0.29, 0.717) is 34.6 Å². The van der Waals surface area contributed by atoms with Crippen molar-refractivity contribution >= 4 is 27.8 Å². The molecule has 0 spiro atoms. The zero-order chi connectivity index (χ0) is 15.3. The molecule has 0 bridgehead atoms. The Morgan fingerprint density at radius 3 is 2.73 bits per heavy atom. The number of hydrogen-bond donors (Lipinski definition) is 1. The van der Waals surface area contributed by atoms with Crippen LogP contribution >= 0.6 is 15.9 Å². The van der Waals surface area contributed by atoms with Gasteiger partial charge in [0.2, 0.25) is 6.79 Å². The first-order valence-corrected chi connectivity index (χ1v) is 7.58. The summed E-state index contributed by atoms with van der Waals surface area (Å²) in [5.74, 6) is 1.48. The summed E-state index contributed by atoms with van der Waals surface area (Å²) in [6.07, 6.45) is 2.26. The standard InChI is InChI=1S/C17H11BrO4/c18-13-7-16-15(21-8-22-16)6-9(13)4-10-5-12-11(17(10)20)2-1-3-14(12)19/h1-4,6-7,19H,5,8H2/b10-4-. The molecule has 22 heavy (non-hydrogen) atoms. The molecule has 1 N–H and O–H groups in total. The first-order valence-electron chi connectivity index (χ1n) is 6.79. The smallest absolute Gasteiger partial charge is 0.231 e. The number of rotatable bonds is 1. The topological polar surface area (TPSA) is 55.8 Å². The summed E-state index contributed by atoms with van der Waals surface area (Å²) in [7, 11) is 0. The van der Waals surface area contributed by atoms with Gasteiger partial charge in [0.05, 0.1) is 0 Å². The number of aromatic hydroxyl groups is 1. The van der Waals surface area contributed by atoms with Crippen molar-refractivity contribution in [3.8, 4) is 17.2 Å². The van der Waals surface area contributed by atoms with E-state index in [0.717, 1.165) is 10.0 Å². The van der Waals surface area contributed by atoms with Gasteiger partial charge in [-0.15, -0.1) is 0 Å². The maximum Gasteiger partial charge on any atom is 0.231 e. The van der Waals surface area contributed by atoms with Crippen molar-refractivity contribution in [2.45, 2.75) is 6.42 Å². The van der Waals surface area contributed by atoms with E-state index in [1.165, 1.54) is 0 Å².